The van der Waals surface area contributed by atoms with Crippen molar-refractivity contribution < 1.29 is 19.6 Å². The summed E-state index contributed by atoms with van der Waals surface area (Å²) in [5.74, 6) is 0.190. The summed E-state index contributed by atoms with van der Waals surface area (Å²) in [6.45, 7) is 2.62. The number of anilines is 1. The van der Waals surface area contributed by atoms with Crippen LogP contribution in [0.5, 0.6) is 5.75 Å². The molecular formula is C14H16N3O3+. The molecule has 2 N–H and O–H groups in total. The van der Waals surface area contributed by atoms with Gasteiger partial charge >= 0.3 is 0 Å². The predicted molar refractivity (Wildman–Crippen MR) is 70.9 cm³/mol. The van der Waals surface area contributed by atoms with Crippen LogP contribution in [0.1, 0.15) is 13.3 Å². The lowest BCUT2D eigenvalue weighted by atomic mass is 10.2. The summed E-state index contributed by atoms with van der Waals surface area (Å²) in [6.07, 6.45) is 0.133. The number of nitrogens with two attached hydrogens (primary N) is 1. The summed E-state index contributed by atoms with van der Waals surface area (Å²) in [5.41, 5.74) is 0.538. The molecule has 2 amide bonds. The van der Waals surface area contributed by atoms with E-state index < -0.39 is 6.04 Å². The number of quaternary nitrogens is 1. The zero-order chi connectivity index (χ0) is 14.5. The molecule has 1 fully saturated rings. The van der Waals surface area contributed by atoms with E-state index in [9.17, 15) is 9.59 Å². The fraction of sp³-hybridized carbons (Fsp3) is 0.357. The number of nitrogens with zero attached hydrogens (tertiary/aromatic N) is 2. The van der Waals surface area contributed by atoms with E-state index in [4.69, 9.17) is 10.00 Å². The van der Waals surface area contributed by atoms with E-state index in [0.717, 1.165) is 0 Å². The van der Waals surface area contributed by atoms with Gasteiger partial charge < -0.3 is 10.1 Å². The van der Waals surface area contributed by atoms with Gasteiger partial charge in [0.05, 0.1) is 18.7 Å². The van der Waals surface area contributed by atoms with Crippen LogP contribution in [0.15, 0.2) is 24.3 Å². The monoisotopic (exact) mass is 274 g/mol. The first-order valence-corrected chi connectivity index (χ1v) is 6.47. The second kappa shape index (κ2) is 6.17. The van der Waals surface area contributed by atoms with Crippen molar-refractivity contribution in [2.45, 2.75) is 19.4 Å². The van der Waals surface area contributed by atoms with Crippen molar-refractivity contribution in [2.75, 3.05) is 18.1 Å². The lowest BCUT2D eigenvalue weighted by Crippen LogP contribution is -2.91. The molecule has 1 aromatic rings. The summed E-state index contributed by atoms with van der Waals surface area (Å²) in [4.78, 5) is 25.3. The first-order valence-electron chi connectivity index (χ1n) is 6.47. The predicted octanol–water partition coefficient (Wildman–Crippen LogP) is -0.196. The van der Waals surface area contributed by atoms with Crippen LogP contribution in [-0.2, 0) is 9.59 Å². The molecule has 6 heteroatoms. The first kappa shape index (κ1) is 14.0. The topological polar surface area (TPSA) is 87.0 Å². The third kappa shape index (κ3) is 2.78. The Labute approximate surface area is 116 Å². The number of nitriles is 1. The highest BCUT2D eigenvalue weighted by Gasteiger charge is 2.42. The molecule has 104 valence electrons. The number of carbonyl (C=O) groups is 2. The molecule has 2 rings (SSSR count). The van der Waals surface area contributed by atoms with Gasteiger partial charge in [-0.25, -0.2) is 4.90 Å². The minimum atomic E-state index is -0.492. The molecule has 20 heavy (non-hydrogen) atoms. The van der Waals surface area contributed by atoms with Crippen molar-refractivity contribution in [1.82, 2.24) is 0 Å². The average molecular weight is 274 g/mol. The Balaban J connectivity index is 2.13. The van der Waals surface area contributed by atoms with Gasteiger partial charge in [0, 0.05) is 0 Å². The van der Waals surface area contributed by atoms with E-state index >= 15 is 0 Å². The van der Waals surface area contributed by atoms with Crippen molar-refractivity contribution in [2.24, 2.45) is 0 Å². The number of amides is 2. The van der Waals surface area contributed by atoms with Crippen LogP contribution in [0.3, 0.4) is 0 Å². The maximum Gasteiger partial charge on any atom is 0.292 e. The number of rotatable bonds is 5. The van der Waals surface area contributed by atoms with E-state index in [1.54, 1.807) is 29.6 Å². The molecule has 0 aromatic heterocycles. The van der Waals surface area contributed by atoms with Crippen LogP contribution in [0.25, 0.3) is 0 Å². The number of hydrogen-bond acceptors (Lipinski definition) is 4. The number of ether oxygens (including phenoxy) is 1. The Bertz CT molecular complexity index is 548. The first-order chi connectivity index (χ1) is 9.67. The standard InChI is InChI=1S/C14H15N3O3/c1-2-20-11-5-3-10(4-6-11)17-13(18)9-12(14(17)19)16-8-7-15/h3-6,12,16H,2,8-9H2,1H3/p+1/t12-/m0/s1. The highest BCUT2D eigenvalue weighted by atomic mass is 16.5. The van der Waals surface area contributed by atoms with Gasteiger partial charge in [0.15, 0.2) is 12.6 Å². The maximum absolute atomic E-state index is 12.2. The Morgan fingerprint density at radius 2 is 2.10 bits per heavy atom. The molecule has 1 heterocycles. The van der Waals surface area contributed by atoms with Crippen molar-refractivity contribution in [1.29, 1.82) is 5.26 Å². The van der Waals surface area contributed by atoms with Crippen LogP contribution in [0.2, 0.25) is 0 Å². The number of hydrogen-bond donors (Lipinski definition) is 1. The Hall–Kier alpha value is -2.39. The highest BCUT2D eigenvalue weighted by Crippen LogP contribution is 2.24. The average Bonchev–Trinajstić information content (AvgIpc) is 2.73. The summed E-state index contributed by atoms with van der Waals surface area (Å²) >= 11 is 0. The van der Waals surface area contributed by atoms with E-state index in [1.165, 1.54) is 4.90 Å². The number of benzene rings is 1. The van der Waals surface area contributed by atoms with Gasteiger partial charge in [-0.2, -0.15) is 5.26 Å². The van der Waals surface area contributed by atoms with Crippen molar-refractivity contribution >= 4 is 17.5 Å². The van der Waals surface area contributed by atoms with Gasteiger partial charge in [-0.05, 0) is 31.2 Å². The molecule has 1 saturated heterocycles. The third-order valence-corrected chi connectivity index (χ3v) is 3.08. The number of carbonyl (C=O) groups excluding carboxylic acids is 2. The molecule has 6 nitrogen and oxygen atoms in total. The third-order valence-electron chi connectivity index (χ3n) is 3.08. The second-order valence-electron chi connectivity index (χ2n) is 4.40. The molecule has 1 atom stereocenters. The van der Waals surface area contributed by atoms with Crippen molar-refractivity contribution in [3.63, 3.8) is 0 Å². The molecule has 0 radical (unpaired) electrons. The molecule has 1 aliphatic heterocycles. The molecule has 1 aromatic carbocycles. The second-order valence-corrected chi connectivity index (χ2v) is 4.40. The molecule has 1 aliphatic rings. The SMILES string of the molecule is CCOc1ccc(N2C(=O)C[C@H]([NH2+]CC#N)C2=O)cc1. The maximum atomic E-state index is 12.2. The quantitative estimate of drug-likeness (QED) is 0.595. The molecule has 0 unspecified atom stereocenters. The Morgan fingerprint density at radius 3 is 2.70 bits per heavy atom. The van der Waals surface area contributed by atoms with Crippen LogP contribution in [0.4, 0.5) is 5.69 Å². The van der Waals surface area contributed by atoms with E-state index in [2.05, 4.69) is 0 Å². The fourth-order valence-electron chi connectivity index (χ4n) is 2.16. The van der Waals surface area contributed by atoms with Gasteiger partial charge in [0.1, 0.15) is 11.8 Å². The largest absolute Gasteiger partial charge is 0.494 e. The zero-order valence-electron chi connectivity index (χ0n) is 11.2. The summed E-state index contributed by atoms with van der Waals surface area (Å²) in [6, 6.07) is 8.29. The minimum Gasteiger partial charge on any atom is -0.494 e. The van der Waals surface area contributed by atoms with Crippen LogP contribution >= 0.6 is 0 Å². The summed E-state index contributed by atoms with van der Waals surface area (Å²) in [7, 11) is 0. The van der Waals surface area contributed by atoms with Crippen molar-refractivity contribution in [3.8, 4) is 11.8 Å². The summed E-state index contributed by atoms with van der Waals surface area (Å²) in [5, 5.41) is 10.1. The van der Waals surface area contributed by atoms with Crippen LogP contribution in [-0.4, -0.2) is 31.0 Å². The highest BCUT2D eigenvalue weighted by molar-refractivity contribution is 6.21. The van der Waals surface area contributed by atoms with E-state index in [1.807, 2.05) is 13.0 Å². The van der Waals surface area contributed by atoms with Crippen LogP contribution < -0.4 is 15.0 Å². The molecule has 0 spiro atoms. The minimum absolute atomic E-state index is 0.133. The number of imide groups is 1. The lowest BCUT2D eigenvalue weighted by molar-refractivity contribution is -0.664. The Morgan fingerprint density at radius 1 is 1.40 bits per heavy atom. The van der Waals surface area contributed by atoms with Gasteiger partial charge in [-0.15, -0.1) is 0 Å². The fourth-order valence-corrected chi connectivity index (χ4v) is 2.16. The van der Waals surface area contributed by atoms with Gasteiger partial charge in [0.25, 0.3) is 5.91 Å². The van der Waals surface area contributed by atoms with Gasteiger partial charge in [-0.1, -0.05) is 0 Å². The molecule has 0 aliphatic carbocycles. The lowest BCUT2D eigenvalue weighted by Gasteiger charge is -2.14. The van der Waals surface area contributed by atoms with Gasteiger partial charge in [0.2, 0.25) is 5.91 Å². The van der Waals surface area contributed by atoms with Crippen LogP contribution in [0, 0.1) is 11.3 Å². The Kier molecular flexibility index (Phi) is 4.33. The molecular weight excluding hydrogens is 258 g/mol. The normalized spacial score (nSPS) is 18.2. The smallest absolute Gasteiger partial charge is 0.292 e. The molecule has 0 saturated carbocycles. The van der Waals surface area contributed by atoms with E-state index in [-0.39, 0.29) is 24.8 Å². The van der Waals surface area contributed by atoms with E-state index in [0.29, 0.717) is 18.0 Å². The van der Waals surface area contributed by atoms with Gasteiger partial charge in [-0.3, -0.25) is 9.59 Å². The summed E-state index contributed by atoms with van der Waals surface area (Å²) < 4.78 is 5.32. The zero-order valence-corrected chi connectivity index (χ0v) is 11.2. The molecule has 0 bridgehead atoms. The van der Waals surface area contributed by atoms with Crippen molar-refractivity contribution in [3.05, 3.63) is 24.3 Å².